The molecular weight excluding hydrogens is 328 g/mol. The minimum absolute atomic E-state index is 0.342. The molecule has 1 heteroatoms. The molecule has 27 heavy (non-hydrogen) atoms. The molecule has 1 aromatic carbocycles. The summed E-state index contributed by atoms with van der Waals surface area (Å²) in [6.07, 6.45) is 10.1. The van der Waals surface area contributed by atoms with Crippen LogP contribution in [-0.4, -0.2) is 5.78 Å². The van der Waals surface area contributed by atoms with E-state index in [1.807, 2.05) is 6.08 Å². The van der Waals surface area contributed by atoms with Gasteiger partial charge in [-0.2, -0.15) is 0 Å². The van der Waals surface area contributed by atoms with Gasteiger partial charge in [0, 0.05) is 12.3 Å². The standard InChI is InChI=1S/C26H32O/c1-16-4-7-18(8-5-16)23-15-26(3)17(2)6-13-24(26)22-11-9-19-14-20(27)10-12-21(19)25(22)23/h4-5,7-8,14,17,22-24H,6,9-13,15H2,1-3H3. The molecular formula is C26H32O. The molecule has 5 rings (SSSR count). The molecule has 0 radical (unpaired) electrons. The molecule has 5 unspecified atom stereocenters. The highest BCUT2D eigenvalue weighted by molar-refractivity contribution is 5.93. The summed E-state index contributed by atoms with van der Waals surface area (Å²) in [6.45, 7) is 7.27. The van der Waals surface area contributed by atoms with E-state index < -0.39 is 0 Å². The lowest BCUT2D eigenvalue weighted by molar-refractivity contribution is -0.114. The largest absolute Gasteiger partial charge is 0.295 e. The molecule has 2 fully saturated rings. The summed E-state index contributed by atoms with van der Waals surface area (Å²) in [7, 11) is 0. The Balaban J connectivity index is 1.68. The number of rotatable bonds is 1. The van der Waals surface area contributed by atoms with Gasteiger partial charge < -0.3 is 0 Å². The van der Waals surface area contributed by atoms with Crippen LogP contribution in [0.2, 0.25) is 0 Å². The molecule has 0 heterocycles. The fourth-order valence-corrected chi connectivity index (χ4v) is 7.01. The molecule has 1 aromatic rings. The van der Waals surface area contributed by atoms with Crippen LogP contribution in [0.4, 0.5) is 0 Å². The van der Waals surface area contributed by atoms with Gasteiger partial charge in [0.25, 0.3) is 0 Å². The third-order valence-corrected chi connectivity index (χ3v) is 8.69. The Hall–Kier alpha value is -1.63. The highest BCUT2D eigenvalue weighted by Gasteiger charge is 2.55. The summed E-state index contributed by atoms with van der Waals surface area (Å²) in [5, 5.41) is 0. The number of aryl methyl sites for hydroxylation is 1. The van der Waals surface area contributed by atoms with Crippen molar-refractivity contribution < 1.29 is 4.79 Å². The van der Waals surface area contributed by atoms with E-state index in [1.54, 1.807) is 11.1 Å². The lowest BCUT2D eigenvalue weighted by atomic mass is 9.52. The summed E-state index contributed by atoms with van der Waals surface area (Å²) in [6, 6.07) is 9.32. The average Bonchev–Trinajstić information content (AvgIpc) is 2.96. The summed E-state index contributed by atoms with van der Waals surface area (Å²) in [5.41, 5.74) is 8.01. The number of hydrogen-bond acceptors (Lipinski definition) is 1. The number of ketones is 1. The maximum Gasteiger partial charge on any atom is 0.156 e. The van der Waals surface area contributed by atoms with Gasteiger partial charge in [0.05, 0.1) is 0 Å². The van der Waals surface area contributed by atoms with Crippen molar-refractivity contribution in [3.8, 4) is 0 Å². The van der Waals surface area contributed by atoms with Crippen LogP contribution in [0, 0.1) is 30.1 Å². The molecule has 142 valence electrons. The minimum Gasteiger partial charge on any atom is -0.295 e. The summed E-state index contributed by atoms with van der Waals surface area (Å²) in [5.74, 6) is 3.29. The van der Waals surface area contributed by atoms with Crippen LogP contribution in [0.15, 0.2) is 47.1 Å². The lowest BCUT2D eigenvalue weighted by Gasteiger charge is -2.52. The van der Waals surface area contributed by atoms with E-state index in [0.717, 1.165) is 30.6 Å². The highest BCUT2D eigenvalue weighted by atomic mass is 16.1. The van der Waals surface area contributed by atoms with Crippen molar-refractivity contribution in [2.45, 2.75) is 71.6 Å². The first-order valence-electron chi connectivity index (χ1n) is 11.0. The number of carbonyl (C=O) groups is 1. The number of fused-ring (bicyclic) bond motifs is 4. The normalized spacial score (nSPS) is 38.2. The van der Waals surface area contributed by atoms with Gasteiger partial charge in [-0.05, 0) is 91.4 Å². The highest BCUT2D eigenvalue weighted by Crippen LogP contribution is 2.65. The first-order chi connectivity index (χ1) is 13.0. The third kappa shape index (κ3) is 2.61. The zero-order valence-corrected chi connectivity index (χ0v) is 17.1. The second-order valence-corrected chi connectivity index (χ2v) is 9.97. The topological polar surface area (TPSA) is 17.1 Å². The average molecular weight is 361 g/mol. The van der Waals surface area contributed by atoms with E-state index in [4.69, 9.17) is 0 Å². The molecule has 0 bridgehead atoms. The van der Waals surface area contributed by atoms with Crippen molar-refractivity contribution in [3.63, 3.8) is 0 Å². The van der Waals surface area contributed by atoms with Gasteiger partial charge in [-0.25, -0.2) is 0 Å². The van der Waals surface area contributed by atoms with Crippen molar-refractivity contribution in [1.82, 2.24) is 0 Å². The van der Waals surface area contributed by atoms with Crippen LogP contribution in [0.25, 0.3) is 0 Å². The Bertz CT molecular complexity index is 839. The second-order valence-electron chi connectivity index (χ2n) is 9.97. The fourth-order valence-electron chi connectivity index (χ4n) is 7.01. The molecule has 0 amide bonds. The van der Waals surface area contributed by atoms with Crippen molar-refractivity contribution in [1.29, 1.82) is 0 Å². The summed E-state index contributed by atoms with van der Waals surface area (Å²) in [4.78, 5) is 12.0. The van der Waals surface area contributed by atoms with Crippen LogP contribution >= 0.6 is 0 Å². The molecule has 0 aliphatic heterocycles. The molecule has 0 aromatic heterocycles. The van der Waals surface area contributed by atoms with Gasteiger partial charge in [0.2, 0.25) is 0 Å². The first kappa shape index (κ1) is 17.5. The van der Waals surface area contributed by atoms with Crippen molar-refractivity contribution in [2.24, 2.45) is 23.2 Å². The summed E-state index contributed by atoms with van der Waals surface area (Å²) >= 11 is 0. The molecule has 0 spiro atoms. The SMILES string of the molecule is Cc1ccc(C2CC3(C)C(C)CCC3C3CCC4=CC(=O)CCC4=C23)cc1. The number of carbonyl (C=O) groups excluding carboxylic acids is 1. The quantitative estimate of drug-likeness (QED) is 0.556. The minimum atomic E-state index is 0.342. The zero-order chi connectivity index (χ0) is 18.8. The molecule has 5 atom stereocenters. The monoisotopic (exact) mass is 360 g/mol. The Morgan fingerprint density at radius 2 is 1.78 bits per heavy atom. The zero-order valence-electron chi connectivity index (χ0n) is 17.1. The van der Waals surface area contributed by atoms with Gasteiger partial charge >= 0.3 is 0 Å². The van der Waals surface area contributed by atoms with E-state index >= 15 is 0 Å². The van der Waals surface area contributed by atoms with Gasteiger partial charge in [-0.3, -0.25) is 4.79 Å². The van der Waals surface area contributed by atoms with E-state index in [1.165, 1.54) is 42.4 Å². The lowest BCUT2D eigenvalue weighted by Crippen LogP contribution is -2.42. The van der Waals surface area contributed by atoms with Crippen molar-refractivity contribution >= 4 is 5.78 Å². The molecule has 2 saturated carbocycles. The van der Waals surface area contributed by atoms with E-state index in [-0.39, 0.29) is 0 Å². The maximum atomic E-state index is 12.0. The van der Waals surface area contributed by atoms with Gasteiger partial charge in [0.1, 0.15) is 0 Å². The Kier molecular flexibility index (Phi) is 4.00. The third-order valence-electron chi connectivity index (χ3n) is 8.69. The van der Waals surface area contributed by atoms with Crippen LogP contribution in [0.5, 0.6) is 0 Å². The number of benzene rings is 1. The van der Waals surface area contributed by atoms with Crippen LogP contribution in [0.1, 0.15) is 75.8 Å². The molecule has 0 saturated heterocycles. The Morgan fingerprint density at radius 3 is 2.56 bits per heavy atom. The fraction of sp³-hybridized carbons (Fsp3) is 0.577. The predicted octanol–water partition coefficient (Wildman–Crippen LogP) is 6.53. The van der Waals surface area contributed by atoms with E-state index in [2.05, 4.69) is 45.0 Å². The predicted molar refractivity (Wildman–Crippen MR) is 111 cm³/mol. The van der Waals surface area contributed by atoms with Gasteiger partial charge in [-0.1, -0.05) is 49.2 Å². The summed E-state index contributed by atoms with van der Waals surface area (Å²) < 4.78 is 0. The Labute approximate surface area is 163 Å². The van der Waals surface area contributed by atoms with Gasteiger partial charge in [0.15, 0.2) is 5.78 Å². The van der Waals surface area contributed by atoms with Gasteiger partial charge in [-0.15, -0.1) is 0 Å². The maximum absolute atomic E-state index is 12.0. The van der Waals surface area contributed by atoms with E-state index in [9.17, 15) is 4.79 Å². The van der Waals surface area contributed by atoms with Crippen LogP contribution < -0.4 is 0 Å². The van der Waals surface area contributed by atoms with Crippen LogP contribution in [0.3, 0.4) is 0 Å². The second kappa shape index (κ2) is 6.19. The molecule has 0 N–H and O–H groups in total. The number of allylic oxidation sites excluding steroid dienone is 4. The van der Waals surface area contributed by atoms with Crippen molar-refractivity contribution in [3.05, 3.63) is 58.2 Å². The van der Waals surface area contributed by atoms with Crippen LogP contribution in [-0.2, 0) is 4.79 Å². The molecule has 4 aliphatic rings. The Morgan fingerprint density at radius 1 is 1.00 bits per heavy atom. The molecule has 1 nitrogen and oxygen atoms in total. The number of hydrogen-bond donors (Lipinski definition) is 0. The molecule has 4 aliphatic carbocycles. The first-order valence-corrected chi connectivity index (χ1v) is 11.0. The smallest absolute Gasteiger partial charge is 0.156 e. The van der Waals surface area contributed by atoms with Crippen molar-refractivity contribution in [2.75, 3.05) is 0 Å². The van der Waals surface area contributed by atoms with E-state index in [0.29, 0.717) is 23.5 Å².